The Hall–Kier alpha value is -1.89. The summed E-state index contributed by atoms with van der Waals surface area (Å²) in [7, 11) is 0. The highest BCUT2D eigenvalue weighted by atomic mass is 16.1. The van der Waals surface area contributed by atoms with Gasteiger partial charge in [0.1, 0.15) is 6.29 Å². The molecule has 2 rings (SSSR count). The molecule has 0 amide bonds. The van der Waals surface area contributed by atoms with Gasteiger partial charge in [-0.3, -0.25) is 0 Å². The molecular weight excluding hydrogens is 208 g/mol. The smallest absolute Gasteiger partial charge is 0.123 e. The molecule has 0 N–H and O–H groups in total. The summed E-state index contributed by atoms with van der Waals surface area (Å²) in [5.74, 6) is 0.134. The zero-order valence-electron chi connectivity index (χ0n) is 9.91. The number of rotatable bonds is 4. The predicted molar refractivity (Wildman–Crippen MR) is 70.0 cm³/mol. The van der Waals surface area contributed by atoms with Crippen LogP contribution >= 0.6 is 0 Å². The number of hydrogen-bond donors (Lipinski definition) is 0. The number of carbonyl (C=O) groups is 1. The molecule has 0 heterocycles. The zero-order chi connectivity index (χ0) is 12.1. The first kappa shape index (κ1) is 11.6. The fourth-order valence-electron chi connectivity index (χ4n) is 2.20. The van der Waals surface area contributed by atoms with Crippen molar-refractivity contribution in [2.24, 2.45) is 5.92 Å². The molecule has 0 radical (unpaired) electrons. The van der Waals surface area contributed by atoms with E-state index in [0.717, 1.165) is 6.29 Å². The summed E-state index contributed by atoms with van der Waals surface area (Å²) in [6.45, 7) is 1.97. The van der Waals surface area contributed by atoms with Crippen LogP contribution in [0.15, 0.2) is 60.7 Å². The largest absolute Gasteiger partial charge is 0.303 e. The van der Waals surface area contributed by atoms with Gasteiger partial charge >= 0.3 is 0 Å². The van der Waals surface area contributed by atoms with E-state index in [1.54, 1.807) is 0 Å². The molecule has 17 heavy (non-hydrogen) atoms. The fraction of sp³-hybridized carbons (Fsp3) is 0.188. The van der Waals surface area contributed by atoms with Crippen molar-refractivity contribution < 1.29 is 4.79 Å². The van der Waals surface area contributed by atoms with E-state index in [-0.39, 0.29) is 11.8 Å². The third-order valence-corrected chi connectivity index (χ3v) is 3.06. The van der Waals surface area contributed by atoms with Gasteiger partial charge in [-0.2, -0.15) is 0 Å². The Kier molecular flexibility index (Phi) is 3.71. The van der Waals surface area contributed by atoms with Gasteiger partial charge < -0.3 is 4.79 Å². The molecule has 0 bridgehead atoms. The van der Waals surface area contributed by atoms with Gasteiger partial charge in [-0.25, -0.2) is 0 Å². The Morgan fingerprint density at radius 2 is 1.24 bits per heavy atom. The van der Waals surface area contributed by atoms with Gasteiger partial charge in [0.2, 0.25) is 0 Å². The van der Waals surface area contributed by atoms with Crippen LogP contribution in [0.25, 0.3) is 0 Å². The number of hydrogen-bond acceptors (Lipinski definition) is 1. The molecule has 0 aromatic heterocycles. The van der Waals surface area contributed by atoms with Crippen molar-refractivity contribution in [3.8, 4) is 0 Å². The van der Waals surface area contributed by atoms with Gasteiger partial charge in [0.25, 0.3) is 0 Å². The van der Waals surface area contributed by atoms with E-state index < -0.39 is 0 Å². The molecular formula is C16H16O. The van der Waals surface area contributed by atoms with Crippen LogP contribution in [0.3, 0.4) is 0 Å². The highest BCUT2D eigenvalue weighted by Gasteiger charge is 2.20. The highest BCUT2D eigenvalue weighted by Crippen LogP contribution is 2.30. The highest BCUT2D eigenvalue weighted by molar-refractivity contribution is 5.57. The van der Waals surface area contributed by atoms with Crippen LogP contribution < -0.4 is 0 Å². The van der Waals surface area contributed by atoms with Crippen LogP contribution in [0.2, 0.25) is 0 Å². The maximum atomic E-state index is 11.1. The van der Waals surface area contributed by atoms with Crippen molar-refractivity contribution in [1.82, 2.24) is 0 Å². The SMILES string of the molecule is C[C@@H](C=O)C(c1ccccc1)c1ccccc1. The van der Waals surface area contributed by atoms with Crippen molar-refractivity contribution in [2.45, 2.75) is 12.8 Å². The summed E-state index contributed by atoms with van der Waals surface area (Å²) in [5.41, 5.74) is 2.39. The molecule has 0 aliphatic carbocycles. The van der Waals surface area contributed by atoms with E-state index in [0.29, 0.717) is 0 Å². The quantitative estimate of drug-likeness (QED) is 0.724. The molecule has 0 unspecified atom stereocenters. The average Bonchev–Trinajstić information content (AvgIpc) is 2.41. The first-order valence-corrected chi connectivity index (χ1v) is 5.88. The molecule has 0 saturated heterocycles. The molecule has 86 valence electrons. The van der Waals surface area contributed by atoms with E-state index in [9.17, 15) is 4.79 Å². The Morgan fingerprint density at radius 3 is 1.59 bits per heavy atom. The van der Waals surface area contributed by atoms with Crippen LogP contribution in [0, 0.1) is 5.92 Å². The van der Waals surface area contributed by atoms with Crippen molar-refractivity contribution in [3.05, 3.63) is 71.8 Å². The minimum Gasteiger partial charge on any atom is -0.303 e. The van der Waals surface area contributed by atoms with E-state index in [2.05, 4.69) is 24.3 Å². The lowest BCUT2D eigenvalue weighted by Crippen LogP contribution is -2.12. The maximum absolute atomic E-state index is 11.1. The third kappa shape index (κ3) is 2.62. The van der Waals surface area contributed by atoms with Gasteiger partial charge in [0.05, 0.1) is 0 Å². The van der Waals surface area contributed by atoms with Gasteiger partial charge in [0, 0.05) is 11.8 Å². The maximum Gasteiger partial charge on any atom is 0.123 e. The zero-order valence-corrected chi connectivity index (χ0v) is 9.91. The standard InChI is InChI=1S/C16H16O/c1-13(12-17)16(14-8-4-2-5-9-14)15-10-6-3-7-11-15/h2-13,16H,1H3/t13-/m0/s1. The summed E-state index contributed by atoms with van der Waals surface area (Å²) in [4.78, 5) is 11.1. The molecule has 0 saturated carbocycles. The van der Waals surface area contributed by atoms with Gasteiger partial charge in [-0.05, 0) is 11.1 Å². The van der Waals surface area contributed by atoms with Crippen LogP contribution in [0.5, 0.6) is 0 Å². The minimum atomic E-state index is -0.0141. The normalized spacial score (nSPS) is 12.4. The minimum absolute atomic E-state index is 0.0141. The van der Waals surface area contributed by atoms with E-state index in [1.807, 2.05) is 43.3 Å². The first-order chi connectivity index (χ1) is 8.33. The summed E-state index contributed by atoms with van der Waals surface area (Å²) >= 11 is 0. The molecule has 2 aromatic rings. The second-order valence-corrected chi connectivity index (χ2v) is 4.29. The lowest BCUT2D eigenvalue weighted by Gasteiger charge is -2.20. The molecule has 0 spiro atoms. The molecule has 0 fully saturated rings. The summed E-state index contributed by atoms with van der Waals surface area (Å²) in [6.07, 6.45) is 1.03. The van der Waals surface area contributed by atoms with Gasteiger partial charge in [0.15, 0.2) is 0 Å². The molecule has 1 nitrogen and oxygen atoms in total. The van der Waals surface area contributed by atoms with Gasteiger partial charge in [-0.15, -0.1) is 0 Å². The van der Waals surface area contributed by atoms with E-state index in [1.165, 1.54) is 11.1 Å². The van der Waals surface area contributed by atoms with Crippen LogP contribution in [-0.2, 0) is 4.79 Å². The summed E-state index contributed by atoms with van der Waals surface area (Å²) < 4.78 is 0. The van der Waals surface area contributed by atoms with Crippen molar-refractivity contribution in [2.75, 3.05) is 0 Å². The molecule has 2 aromatic carbocycles. The lowest BCUT2D eigenvalue weighted by atomic mass is 9.82. The third-order valence-electron chi connectivity index (χ3n) is 3.06. The monoisotopic (exact) mass is 224 g/mol. The molecule has 1 atom stereocenters. The second-order valence-electron chi connectivity index (χ2n) is 4.29. The average molecular weight is 224 g/mol. The summed E-state index contributed by atoms with van der Waals surface area (Å²) in [6, 6.07) is 20.4. The van der Waals surface area contributed by atoms with Crippen LogP contribution in [0.1, 0.15) is 24.0 Å². The molecule has 1 heteroatoms. The van der Waals surface area contributed by atoms with E-state index >= 15 is 0 Å². The fourth-order valence-corrected chi connectivity index (χ4v) is 2.20. The lowest BCUT2D eigenvalue weighted by molar-refractivity contribution is -0.111. The Balaban J connectivity index is 2.43. The Labute approximate surface area is 102 Å². The van der Waals surface area contributed by atoms with Crippen LogP contribution in [0.4, 0.5) is 0 Å². The van der Waals surface area contributed by atoms with Crippen molar-refractivity contribution >= 4 is 6.29 Å². The summed E-state index contributed by atoms with van der Waals surface area (Å²) in [5, 5.41) is 0. The Morgan fingerprint density at radius 1 is 0.824 bits per heavy atom. The van der Waals surface area contributed by atoms with E-state index in [4.69, 9.17) is 0 Å². The van der Waals surface area contributed by atoms with Crippen LogP contribution in [-0.4, -0.2) is 6.29 Å². The topological polar surface area (TPSA) is 17.1 Å². The Bertz CT molecular complexity index is 422. The number of benzene rings is 2. The number of aldehydes is 1. The molecule has 0 aliphatic rings. The van der Waals surface area contributed by atoms with Gasteiger partial charge in [-0.1, -0.05) is 67.6 Å². The molecule has 0 aliphatic heterocycles. The predicted octanol–water partition coefficient (Wildman–Crippen LogP) is 3.65. The van der Waals surface area contributed by atoms with Crippen molar-refractivity contribution in [1.29, 1.82) is 0 Å². The van der Waals surface area contributed by atoms with Crippen molar-refractivity contribution in [3.63, 3.8) is 0 Å². The second kappa shape index (κ2) is 5.44. The first-order valence-electron chi connectivity index (χ1n) is 5.88. The number of carbonyl (C=O) groups excluding carboxylic acids is 1.